The second-order valence-electron chi connectivity index (χ2n) is 5.69. The van der Waals surface area contributed by atoms with Gasteiger partial charge in [0, 0.05) is 0 Å². The maximum atomic E-state index is 11.4. The van der Waals surface area contributed by atoms with Crippen LogP contribution < -0.4 is 9.47 Å². The molecule has 3 rings (SSSR count). The Morgan fingerprint density at radius 3 is 2.78 bits per heavy atom. The van der Waals surface area contributed by atoms with Crippen LogP contribution in [0.2, 0.25) is 0 Å². The quantitative estimate of drug-likeness (QED) is 0.518. The molecule has 1 N–H and O–H groups in total. The molecule has 0 aliphatic heterocycles. The van der Waals surface area contributed by atoms with E-state index < -0.39 is 5.97 Å². The van der Waals surface area contributed by atoms with E-state index in [4.69, 9.17) is 9.47 Å². The Kier molecular flexibility index (Phi) is 6.13. The van der Waals surface area contributed by atoms with Gasteiger partial charge < -0.3 is 14.6 Å². The summed E-state index contributed by atoms with van der Waals surface area (Å²) in [6.45, 7) is 2.39. The van der Waals surface area contributed by atoms with E-state index in [1.54, 1.807) is 7.11 Å². The smallest absolute Gasteiger partial charge is 0.307 e. The molecule has 0 aliphatic rings. The SMILES string of the molecule is CCOc1cc(/C=C(\CC(=O)O)c2nc3ccccc3s2)cc(Br)c1OC. The third kappa shape index (κ3) is 4.48. The normalized spacial score (nSPS) is 11.6. The van der Waals surface area contributed by atoms with Gasteiger partial charge in [0.15, 0.2) is 11.5 Å². The molecule has 2 aromatic carbocycles. The zero-order valence-corrected chi connectivity index (χ0v) is 17.3. The van der Waals surface area contributed by atoms with Crippen molar-refractivity contribution in [1.29, 1.82) is 0 Å². The number of aromatic nitrogens is 1. The number of thiazole rings is 1. The number of fused-ring (bicyclic) bond motifs is 1. The standard InChI is InChI=1S/C20H18BrNO4S/c1-3-26-16-10-12(9-14(21)19(16)25-2)8-13(11-18(23)24)20-22-15-6-4-5-7-17(15)27-20/h4-10H,3,11H2,1-2H3,(H,23,24)/b13-8+. The Hall–Kier alpha value is -2.38. The molecule has 140 valence electrons. The molecule has 27 heavy (non-hydrogen) atoms. The van der Waals surface area contributed by atoms with Gasteiger partial charge in [-0.3, -0.25) is 4.79 Å². The van der Waals surface area contributed by atoms with Crippen LogP contribution in [-0.2, 0) is 4.79 Å². The number of methoxy groups -OCH3 is 1. The number of nitrogens with zero attached hydrogens (tertiary/aromatic N) is 1. The summed E-state index contributed by atoms with van der Waals surface area (Å²) in [6.07, 6.45) is 1.71. The van der Waals surface area contributed by atoms with Gasteiger partial charge in [0.2, 0.25) is 0 Å². The highest BCUT2D eigenvalue weighted by Crippen LogP contribution is 2.38. The van der Waals surface area contributed by atoms with E-state index in [1.165, 1.54) is 11.3 Å². The number of para-hydroxylation sites is 1. The monoisotopic (exact) mass is 447 g/mol. The Labute approximate surface area is 169 Å². The van der Waals surface area contributed by atoms with Crippen LogP contribution in [0.3, 0.4) is 0 Å². The van der Waals surface area contributed by atoms with Crippen LogP contribution in [0, 0.1) is 0 Å². The van der Waals surface area contributed by atoms with E-state index in [1.807, 2.05) is 49.4 Å². The van der Waals surface area contributed by atoms with Gasteiger partial charge in [0.1, 0.15) is 5.01 Å². The van der Waals surface area contributed by atoms with Crippen LogP contribution in [-0.4, -0.2) is 29.8 Å². The first kappa shape index (κ1) is 19.4. The molecular formula is C20H18BrNO4S. The number of benzene rings is 2. The number of hydrogen-bond donors (Lipinski definition) is 1. The Balaban J connectivity index is 2.09. The van der Waals surface area contributed by atoms with Gasteiger partial charge in [0.25, 0.3) is 0 Å². The molecule has 3 aromatic rings. The van der Waals surface area contributed by atoms with Crippen molar-refractivity contribution in [3.05, 3.63) is 51.4 Å². The van der Waals surface area contributed by atoms with Crippen LogP contribution in [0.25, 0.3) is 21.9 Å². The van der Waals surface area contributed by atoms with E-state index in [0.717, 1.165) is 20.3 Å². The summed E-state index contributed by atoms with van der Waals surface area (Å²) in [6, 6.07) is 11.5. The maximum absolute atomic E-state index is 11.4. The molecule has 0 bridgehead atoms. The lowest BCUT2D eigenvalue weighted by atomic mass is 10.1. The predicted octanol–water partition coefficient (Wildman–Crippen LogP) is 5.48. The molecule has 0 spiro atoms. The van der Waals surface area contributed by atoms with Crippen LogP contribution in [0.1, 0.15) is 23.9 Å². The first-order chi connectivity index (χ1) is 13.0. The Morgan fingerprint density at radius 2 is 2.11 bits per heavy atom. The maximum Gasteiger partial charge on any atom is 0.307 e. The van der Waals surface area contributed by atoms with E-state index in [-0.39, 0.29) is 6.42 Å². The molecule has 7 heteroatoms. The minimum atomic E-state index is -0.905. The van der Waals surface area contributed by atoms with E-state index in [9.17, 15) is 9.90 Å². The molecular weight excluding hydrogens is 430 g/mol. The van der Waals surface area contributed by atoms with E-state index in [2.05, 4.69) is 20.9 Å². The topological polar surface area (TPSA) is 68.7 Å². The lowest BCUT2D eigenvalue weighted by Gasteiger charge is -2.12. The number of rotatable bonds is 7. The Bertz CT molecular complexity index is 979. The van der Waals surface area contributed by atoms with Crippen molar-refractivity contribution in [3.8, 4) is 11.5 Å². The van der Waals surface area contributed by atoms with Crippen LogP contribution in [0.15, 0.2) is 40.9 Å². The second-order valence-corrected chi connectivity index (χ2v) is 7.58. The summed E-state index contributed by atoms with van der Waals surface area (Å²) in [5, 5.41) is 10.1. The van der Waals surface area contributed by atoms with Gasteiger partial charge in [-0.15, -0.1) is 11.3 Å². The number of ether oxygens (including phenoxy) is 2. The van der Waals surface area contributed by atoms with Gasteiger partial charge in [0.05, 0.1) is 34.8 Å². The number of halogens is 1. The van der Waals surface area contributed by atoms with E-state index >= 15 is 0 Å². The third-order valence-electron chi connectivity index (χ3n) is 3.79. The molecule has 0 saturated heterocycles. The number of aliphatic carboxylic acids is 1. The van der Waals surface area contributed by atoms with Gasteiger partial charge in [-0.2, -0.15) is 0 Å². The zero-order valence-electron chi connectivity index (χ0n) is 14.9. The van der Waals surface area contributed by atoms with Crippen LogP contribution >= 0.6 is 27.3 Å². The first-order valence-corrected chi connectivity index (χ1v) is 9.91. The van der Waals surface area contributed by atoms with Gasteiger partial charge in [-0.25, -0.2) is 4.98 Å². The number of carboxylic acid groups (broad SMARTS) is 1. The molecule has 0 radical (unpaired) electrons. The highest BCUT2D eigenvalue weighted by molar-refractivity contribution is 9.10. The summed E-state index contributed by atoms with van der Waals surface area (Å²) in [5.74, 6) is 0.298. The average Bonchev–Trinajstić information content (AvgIpc) is 3.05. The van der Waals surface area contributed by atoms with E-state index in [0.29, 0.717) is 28.7 Å². The highest BCUT2D eigenvalue weighted by Gasteiger charge is 2.15. The summed E-state index contributed by atoms with van der Waals surface area (Å²) >= 11 is 4.97. The van der Waals surface area contributed by atoms with Crippen molar-refractivity contribution in [1.82, 2.24) is 4.98 Å². The minimum Gasteiger partial charge on any atom is -0.492 e. The first-order valence-electron chi connectivity index (χ1n) is 8.30. The summed E-state index contributed by atoms with van der Waals surface area (Å²) in [4.78, 5) is 16.0. The fourth-order valence-electron chi connectivity index (χ4n) is 2.69. The largest absolute Gasteiger partial charge is 0.492 e. The number of carbonyl (C=O) groups is 1. The lowest BCUT2D eigenvalue weighted by Crippen LogP contribution is -1.98. The fraction of sp³-hybridized carbons (Fsp3) is 0.200. The average molecular weight is 448 g/mol. The molecule has 0 atom stereocenters. The number of hydrogen-bond acceptors (Lipinski definition) is 5. The molecule has 0 amide bonds. The van der Waals surface area contributed by atoms with Crippen molar-refractivity contribution in [2.24, 2.45) is 0 Å². The predicted molar refractivity (Wildman–Crippen MR) is 112 cm³/mol. The van der Waals surface area contributed by atoms with Gasteiger partial charge in [-0.05, 0) is 64.3 Å². The Morgan fingerprint density at radius 1 is 1.33 bits per heavy atom. The molecule has 0 unspecified atom stereocenters. The molecule has 0 fully saturated rings. The van der Waals surface area contributed by atoms with Crippen molar-refractivity contribution in [2.75, 3.05) is 13.7 Å². The van der Waals surface area contributed by atoms with Crippen LogP contribution in [0.5, 0.6) is 11.5 Å². The lowest BCUT2D eigenvalue weighted by molar-refractivity contribution is -0.135. The molecule has 1 aromatic heterocycles. The molecule has 0 saturated carbocycles. The van der Waals surface area contributed by atoms with Crippen molar-refractivity contribution in [3.63, 3.8) is 0 Å². The fourth-order valence-corrected chi connectivity index (χ4v) is 4.30. The van der Waals surface area contributed by atoms with Gasteiger partial charge >= 0.3 is 5.97 Å². The summed E-state index contributed by atoms with van der Waals surface area (Å²) < 4.78 is 12.8. The zero-order chi connectivity index (χ0) is 19.4. The number of carboxylic acids is 1. The molecule has 0 aliphatic carbocycles. The third-order valence-corrected chi connectivity index (χ3v) is 5.49. The molecule has 5 nitrogen and oxygen atoms in total. The minimum absolute atomic E-state index is 0.118. The highest BCUT2D eigenvalue weighted by atomic mass is 79.9. The van der Waals surface area contributed by atoms with Crippen molar-refractivity contribution < 1.29 is 19.4 Å². The van der Waals surface area contributed by atoms with Gasteiger partial charge in [-0.1, -0.05) is 12.1 Å². The van der Waals surface area contributed by atoms with Crippen LogP contribution in [0.4, 0.5) is 0 Å². The van der Waals surface area contributed by atoms with Crippen molar-refractivity contribution >= 4 is 55.1 Å². The summed E-state index contributed by atoms with van der Waals surface area (Å²) in [5.41, 5.74) is 2.31. The summed E-state index contributed by atoms with van der Waals surface area (Å²) in [7, 11) is 1.58. The molecule has 1 heterocycles. The second kappa shape index (κ2) is 8.54. The van der Waals surface area contributed by atoms with Crippen molar-refractivity contribution in [2.45, 2.75) is 13.3 Å².